The molecule has 5 heteroatoms. The molecule has 4 nitrogen and oxygen atoms in total. The maximum atomic E-state index is 11.3. The average molecular weight is 355 g/mol. The number of aromatic carboxylic acids is 1. The number of rotatable bonds is 3. The van der Waals surface area contributed by atoms with Crippen LogP contribution in [0.5, 0.6) is 0 Å². The number of fused-ring (bicyclic) bond motifs is 1. The first-order chi connectivity index (χ1) is 10.6. The van der Waals surface area contributed by atoms with Crippen LogP contribution in [0.2, 0.25) is 0 Å². The summed E-state index contributed by atoms with van der Waals surface area (Å²) in [6, 6.07) is 14.5. The molecule has 0 aliphatic heterocycles. The van der Waals surface area contributed by atoms with E-state index in [9.17, 15) is 9.90 Å². The molecule has 3 rings (SSSR count). The summed E-state index contributed by atoms with van der Waals surface area (Å²) in [5.41, 5.74) is 2.58. The van der Waals surface area contributed by atoms with Gasteiger partial charge in [-0.3, -0.25) is 0 Å². The van der Waals surface area contributed by atoms with Gasteiger partial charge in [0.25, 0.3) is 0 Å². The number of aromatic nitrogens is 1. The molecule has 0 spiro atoms. The minimum Gasteiger partial charge on any atom is -0.478 e. The molecule has 0 aliphatic rings. The molecule has 1 N–H and O–H groups in total. The van der Waals surface area contributed by atoms with Crippen LogP contribution in [0.4, 0.5) is 0 Å². The van der Waals surface area contributed by atoms with Crippen LogP contribution >= 0.6 is 15.9 Å². The number of hydrogen-bond acceptors (Lipinski definition) is 2. The van der Waals surface area contributed by atoms with Gasteiger partial charge in [-0.15, -0.1) is 0 Å². The predicted octanol–water partition coefficient (Wildman–Crippen LogP) is 4.02. The molecule has 0 radical (unpaired) electrons. The molecule has 108 valence electrons. The molecule has 0 saturated carbocycles. The fraction of sp³-hybridized carbons (Fsp3) is 0.0588. The number of nitrogens with zero attached hydrogens (tertiary/aromatic N) is 2. The normalized spacial score (nSPS) is 10.5. The van der Waals surface area contributed by atoms with E-state index in [1.54, 1.807) is 18.2 Å². The Kier molecular flexibility index (Phi) is 3.70. The molecule has 22 heavy (non-hydrogen) atoms. The zero-order valence-corrected chi connectivity index (χ0v) is 13.0. The molecular formula is C17H11BrN2O2. The highest BCUT2D eigenvalue weighted by Gasteiger charge is 2.12. The summed E-state index contributed by atoms with van der Waals surface area (Å²) < 4.78 is 2.86. The Hall–Kier alpha value is -2.58. The minimum absolute atomic E-state index is 0.300. The van der Waals surface area contributed by atoms with Gasteiger partial charge in [0.15, 0.2) is 0 Å². The molecule has 3 aromatic rings. The minimum atomic E-state index is -0.933. The summed E-state index contributed by atoms with van der Waals surface area (Å²) in [5.74, 6) is -0.933. The van der Waals surface area contributed by atoms with Crippen molar-refractivity contribution in [2.45, 2.75) is 6.54 Å². The fourth-order valence-corrected chi connectivity index (χ4v) is 3.07. The second kappa shape index (κ2) is 5.66. The van der Waals surface area contributed by atoms with E-state index in [2.05, 4.69) is 22.0 Å². The van der Waals surface area contributed by atoms with E-state index in [1.807, 2.05) is 35.0 Å². The number of carboxylic acids is 1. The first-order valence-electron chi connectivity index (χ1n) is 6.60. The average Bonchev–Trinajstić information content (AvgIpc) is 2.83. The summed E-state index contributed by atoms with van der Waals surface area (Å²) in [6.45, 7) is 0.455. The lowest BCUT2D eigenvalue weighted by Crippen LogP contribution is -2.06. The van der Waals surface area contributed by atoms with Crippen molar-refractivity contribution < 1.29 is 9.90 Å². The van der Waals surface area contributed by atoms with Crippen LogP contribution in [0.1, 0.15) is 21.5 Å². The van der Waals surface area contributed by atoms with Crippen LogP contribution < -0.4 is 0 Å². The van der Waals surface area contributed by atoms with Crippen LogP contribution in [-0.2, 0) is 6.54 Å². The Bertz CT molecular complexity index is 922. The van der Waals surface area contributed by atoms with Gasteiger partial charge in [0, 0.05) is 28.1 Å². The number of carbonyl (C=O) groups is 1. The molecule has 1 aromatic heterocycles. The third-order valence-corrected chi connectivity index (χ3v) is 4.18. The Morgan fingerprint density at radius 3 is 2.77 bits per heavy atom. The predicted molar refractivity (Wildman–Crippen MR) is 86.9 cm³/mol. The van der Waals surface area contributed by atoms with Crippen LogP contribution in [0.3, 0.4) is 0 Å². The van der Waals surface area contributed by atoms with Crippen molar-refractivity contribution in [3.8, 4) is 6.07 Å². The molecule has 0 bridgehead atoms. The topological polar surface area (TPSA) is 66.0 Å². The van der Waals surface area contributed by atoms with E-state index in [1.165, 1.54) is 0 Å². The third kappa shape index (κ3) is 2.49. The first kappa shape index (κ1) is 14.4. The summed E-state index contributed by atoms with van der Waals surface area (Å²) in [6.07, 6.45) is 1.91. The zero-order chi connectivity index (χ0) is 15.7. The fourth-order valence-electron chi connectivity index (χ4n) is 2.50. The number of hydrogen-bond donors (Lipinski definition) is 1. The summed E-state index contributed by atoms with van der Waals surface area (Å²) in [7, 11) is 0. The molecule has 2 aromatic carbocycles. The van der Waals surface area contributed by atoms with E-state index in [0.29, 0.717) is 17.7 Å². The Labute approximate surface area is 135 Å². The largest absolute Gasteiger partial charge is 0.478 e. The van der Waals surface area contributed by atoms with Gasteiger partial charge >= 0.3 is 5.97 Å². The number of carboxylic acid groups (broad SMARTS) is 1. The van der Waals surface area contributed by atoms with Crippen molar-refractivity contribution in [2.75, 3.05) is 0 Å². The standard InChI is InChI=1S/C17H11BrN2O2/c18-15-10-20(16-6-5-11(8-19)7-14(15)16)9-12-3-1-2-4-13(12)17(21)22/h1-7,10H,9H2,(H,21,22). The molecule has 0 saturated heterocycles. The van der Waals surface area contributed by atoms with Gasteiger partial charge in [-0.1, -0.05) is 18.2 Å². The van der Waals surface area contributed by atoms with E-state index < -0.39 is 5.97 Å². The van der Waals surface area contributed by atoms with E-state index in [-0.39, 0.29) is 0 Å². The van der Waals surface area contributed by atoms with Crippen molar-refractivity contribution in [3.63, 3.8) is 0 Å². The maximum absolute atomic E-state index is 11.3. The Morgan fingerprint density at radius 2 is 2.05 bits per heavy atom. The second-order valence-electron chi connectivity index (χ2n) is 4.91. The van der Waals surface area contributed by atoms with Crippen molar-refractivity contribution in [3.05, 3.63) is 69.8 Å². The van der Waals surface area contributed by atoms with E-state index in [0.717, 1.165) is 20.9 Å². The summed E-state index contributed by atoms with van der Waals surface area (Å²) >= 11 is 3.50. The lowest BCUT2D eigenvalue weighted by molar-refractivity contribution is 0.0695. The highest BCUT2D eigenvalue weighted by Crippen LogP contribution is 2.28. The van der Waals surface area contributed by atoms with Gasteiger partial charge < -0.3 is 9.67 Å². The van der Waals surface area contributed by atoms with Gasteiger partial charge in [-0.2, -0.15) is 5.26 Å². The van der Waals surface area contributed by atoms with Crippen molar-refractivity contribution >= 4 is 32.8 Å². The summed E-state index contributed by atoms with van der Waals surface area (Å²) in [5, 5.41) is 19.2. The number of nitriles is 1. The molecule has 0 fully saturated rings. The van der Waals surface area contributed by atoms with Crippen LogP contribution in [0.25, 0.3) is 10.9 Å². The van der Waals surface area contributed by atoms with E-state index in [4.69, 9.17) is 5.26 Å². The summed E-state index contributed by atoms with van der Waals surface area (Å²) in [4.78, 5) is 11.3. The third-order valence-electron chi connectivity index (χ3n) is 3.55. The quantitative estimate of drug-likeness (QED) is 0.772. The Balaban J connectivity index is 2.09. The lowest BCUT2D eigenvalue weighted by atomic mass is 10.1. The molecule has 1 heterocycles. The molecule has 0 amide bonds. The molecule has 0 aliphatic carbocycles. The van der Waals surface area contributed by atoms with Crippen molar-refractivity contribution in [2.24, 2.45) is 0 Å². The van der Waals surface area contributed by atoms with Gasteiger partial charge in [0.1, 0.15) is 0 Å². The lowest BCUT2D eigenvalue weighted by Gasteiger charge is -2.08. The van der Waals surface area contributed by atoms with E-state index >= 15 is 0 Å². The maximum Gasteiger partial charge on any atom is 0.336 e. The van der Waals surface area contributed by atoms with Gasteiger partial charge in [0.2, 0.25) is 0 Å². The van der Waals surface area contributed by atoms with Crippen molar-refractivity contribution in [1.82, 2.24) is 4.57 Å². The number of benzene rings is 2. The van der Waals surface area contributed by atoms with Gasteiger partial charge in [-0.25, -0.2) is 4.79 Å². The molecule has 0 unspecified atom stereocenters. The molecular weight excluding hydrogens is 344 g/mol. The monoisotopic (exact) mass is 354 g/mol. The molecule has 0 atom stereocenters. The first-order valence-corrected chi connectivity index (χ1v) is 7.39. The van der Waals surface area contributed by atoms with Crippen LogP contribution in [0, 0.1) is 11.3 Å². The Morgan fingerprint density at radius 1 is 1.27 bits per heavy atom. The SMILES string of the molecule is N#Cc1ccc2c(c1)c(Br)cn2Cc1ccccc1C(=O)O. The zero-order valence-electron chi connectivity index (χ0n) is 11.5. The van der Waals surface area contributed by atoms with Crippen LogP contribution in [0.15, 0.2) is 53.1 Å². The number of halogens is 1. The van der Waals surface area contributed by atoms with Crippen molar-refractivity contribution in [1.29, 1.82) is 5.26 Å². The van der Waals surface area contributed by atoms with Gasteiger partial charge in [0.05, 0.1) is 17.2 Å². The second-order valence-corrected chi connectivity index (χ2v) is 5.77. The highest BCUT2D eigenvalue weighted by atomic mass is 79.9. The van der Waals surface area contributed by atoms with Crippen LogP contribution in [-0.4, -0.2) is 15.6 Å². The van der Waals surface area contributed by atoms with Gasteiger partial charge in [-0.05, 0) is 45.8 Å². The smallest absolute Gasteiger partial charge is 0.336 e. The highest BCUT2D eigenvalue weighted by molar-refractivity contribution is 9.10.